The van der Waals surface area contributed by atoms with Gasteiger partial charge in [-0.25, -0.2) is 0 Å². The number of ether oxygens (including phenoxy) is 1. The average molecular weight is 161 g/mol. The Balaban J connectivity index is 3.54. The van der Waals surface area contributed by atoms with Crippen LogP contribution in [0.5, 0.6) is 0 Å². The second-order valence-electron chi connectivity index (χ2n) is 3.55. The van der Waals surface area contributed by atoms with Crippen LogP contribution in [0.25, 0.3) is 0 Å². The lowest BCUT2D eigenvalue weighted by atomic mass is 10.1. The standard InChI is InChI=1S/C8H19NO2/c1-7(10)5-9-8(2,3)6-11-4/h7,9-10H,5-6H2,1-4H3/t7-/m0/s1. The van der Waals surface area contributed by atoms with E-state index in [-0.39, 0.29) is 11.6 Å². The van der Waals surface area contributed by atoms with Gasteiger partial charge < -0.3 is 15.2 Å². The van der Waals surface area contributed by atoms with Gasteiger partial charge in [0.15, 0.2) is 0 Å². The Morgan fingerprint density at radius 3 is 2.45 bits per heavy atom. The molecule has 0 unspecified atom stereocenters. The van der Waals surface area contributed by atoms with Crippen LogP contribution in [0.1, 0.15) is 20.8 Å². The molecular formula is C8H19NO2. The molecule has 0 aromatic rings. The predicted octanol–water partition coefficient (Wildman–Crippen LogP) is 0.382. The van der Waals surface area contributed by atoms with Gasteiger partial charge in [-0.05, 0) is 20.8 Å². The van der Waals surface area contributed by atoms with Gasteiger partial charge in [-0.2, -0.15) is 0 Å². The van der Waals surface area contributed by atoms with E-state index in [1.165, 1.54) is 0 Å². The molecule has 0 aliphatic heterocycles. The molecule has 0 radical (unpaired) electrons. The highest BCUT2D eigenvalue weighted by Crippen LogP contribution is 2.01. The molecule has 2 N–H and O–H groups in total. The van der Waals surface area contributed by atoms with E-state index < -0.39 is 0 Å². The first-order valence-corrected chi connectivity index (χ1v) is 3.90. The molecule has 1 atom stereocenters. The summed E-state index contributed by atoms with van der Waals surface area (Å²) in [6, 6.07) is 0. The van der Waals surface area contributed by atoms with E-state index in [4.69, 9.17) is 9.84 Å². The summed E-state index contributed by atoms with van der Waals surface area (Å²) in [6.45, 7) is 7.10. The summed E-state index contributed by atoms with van der Waals surface area (Å²) in [4.78, 5) is 0. The van der Waals surface area contributed by atoms with Crippen LogP contribution >= 0.6 is 0 Å². The van der Waals surface area contributed by atoms with Gasteiger partial charge in [0, 0.05) is 19.2 Å². The summed E-state index contributed by atoms with van der Waals surface area (Å²) in [5.74, 6) is 0. The Morgan fingerprint density at radius 2 is 2.09 bits per heavy atom. The number of β-amino-alcohol motifs (C(OH)–C–C–N with tert-alkyl or cyclic N) is 1. The Kier molecular flexibility index (Phi) is 4.65. The van der Waals surface area contributed by atoms with Crippen molar-refractivity contribution in [2.75, 3.05) is 20.3 Å². The van der Waals surface area contributed by atoms with Crippen LogP contribution in [0.2, 0.25) is 0 Å². The fraction of sp³-hybridized carbons (Fsp3) is 1.00. The van der Waals surface area contributed by atoms with Gasteiger partial charge in [-0.1, -0.05) is 0 Å². The van der Waals surface area contributed by atoms with Crippen molar-refractivity contribution >= 4 is 0 Å². The van der Waals surface area contributed by atoms with Gasteiger partial charge >= 0.3 is 0 Å². The quantitative estimate of drug-likeness (QED) is 0.612. The molecule has 0 spiro atoms. The van der Waals surface area contributed by atoms with Gasteiger partial charge in [-0.15, -0.1) is 0 Å². The van der Waals surface area contributed by atoms with Crippen LogP contribution in [0, 0.1) is 0 Å². The molecule has 0 aromatic heterocycles. The predicted molar refractivity (Wildman–Crippen MR) is 45.6 cm³/mol. The number of nitrogens with one attached hydrogen (secondary N) is 1. The molecule has 0 aliphatic carbocycles. The largest absolute Gasteiger partial charge is 0.392 e. The van der Waals surface area contributed by atoms with E-state index in [9.17, 15) is 0 Å². The Hall–Kier alpha value is -0.120. The number of methoxy groups -OCH3 is 1. The lowest BCUT2D eigenvalue weighted by Crippen LogP contribution is -2.46. The normalized spacial score (nSPS) is 15.0. The zero-order valence-electron chi connectivity index (χ0n) is 7.85. The smallest absolute Gasteiger partial charge is 0.0639 e. The van der Waals surface area contributed by atoms with Crippen molar-refractivity contribution in [2.24, 2.45) is 0 Å². The van der Waals surface area contributed by atoms with Crippen LogP contribution in [-0.2, 0) is 4.74 Å². The summed E-state index contributed by atoms with van der Waals surface area (Å²) >= 11 is 0. The number of hydrogen-bond donors (Lipinski definition) is 2. The third-order valence-corrected chi connectivity index (χ3v) is 1.38. The molecule has 0 amide bonds. The van der Waals surface area contributed by atoms with Crippen LogP contribution < -0.4 is 5.32 Å². The van der Waals surface area contributed by atoms with Crippen molar-refractivity contribution in [3.63, 3.8) is 0 Å². The van der Waals surface area contributed by atoms with Crippen LogP contribution in [-0.4, -0.2) is 37.0 Å². The zero-order chi connectivity index (χ0) is 8.91. The second kappa shape index (κ2) is 4.70. The first-order chi connectivity index (χ1) is 4.98. The highest BCUT2D eigenvalue weighted by Gasteiger charge is 2.16. The van der Waals surface area contributed by atoms with E-state index in [0.29, 0.717) is 13.2 Å². The monoisotopic (exact) mass is 161 g/mol. The van der Waals surface area contributed by atoms with Crippen LogP contribution in [0.15, 0.2) is 0 Å². The van der Waals surface area contributed by atoms with E-state index in [0.717, 1.165) is 0 Å². The summed E-state index contributed by atoms with van der Waals surface area (Å²) in [5, 5.41) is 12.2. The molecule has 68 valence electrons. The number of rotatable bonds is 5. The van der Waals surface area contributed by atoms with Crippen LogP contribution in [0.4, 0.5) is 0 Å². The molecule has 3 heteroatoms. The lowest BCUT2D eigenvalue weighted by molar-refractivity contribution is 0.112. The topological polar surface area (TPSA) is 41.5 Å². The summed E-state index contributed by atoms with van der Waals surface area (Å²) < 4.78 is 4.99. The molecule has 3 nitrogen and oxygen atoms in total. The molecule has 0 saturated carbocycles. The molecule has 0 saturated heterocycles. The summed E-state index contributed by atoms with van der Waals surface area (Å²) in [5.41, 5.74) is -0.0499. The highest BCUT2D eigenvalue weighted by molar-refractivity contribution is 4.77. The van der Waals surface area contributed by atoms with E-state index >= 15 is 0 Å². The molecule has 0 aromatic carbocycles. The van der Waals surface area contributed by atoms with Gasteiger partial charge in [0.05, 0.1) is 12.7 Å². The van der Waals surface area contributed by atoms with E-state index in [1.54, 1.807) is 14.0 Å². The minimum atomic E-state index is -0.300. The molecule has 0 heterocycles. The Morgan fingerprint density at radius 1 is 1.55 bits per heavy atom. The molecular weight excluding hydrogens is 142 g/mol. The third kappa shape index (κ3) is 6.28. The van der Waals surface area contributed by atoms with E-state index in [1.807, 2.05) is 13.8 Å². The Labute approximate surface area is 68.8 Å². The van der Waals surface area contributed by atoms with Gasteiger partial charge in [0.25, 0.3) is 0 Å². The lowest BCUT2D eigenvalue weighted by Gasteiger charge is -2.26. The molecule has 0 aliphatic rings. The molecule has 11 heavy (non-hydrogen) atoms. The number of hydrogen-bond acceptors (Lipinski definition) is 3. The SMILES string of the molecule is COCC(C)(C)NC[C@H](C)O. The molecule has 0 bridgehead atoms. The minimum absolute atomic E-state index is 0.0499. The maximum Gasteiger partial charge on any atom is 0.0639 e. The number of aliphatic hydroxyl groups excluding tert-OH is 1. The van der Waals surface area contributed by atoms with Crippen molar-refractivity contribution in [2.45, 2.75) is 32.4 Å². The number of aliphatic hydroxyl groups is 1. The van der Waals surface area contributed by atoms with Crippen molar-refractivity contribution in [3.05, 3.63) is 0 Å². The first-order valence-electron chi connectivity index (χ1n) is 3.90. The van der Waals surface area contributed by atoms with Crippen molar-refractivity contribution in [1.29, 1.82) is 0 Å². The van der Waals surface area contributed by atoms with Crippen molar-refractivity contribution < 1.29 is 9.84 Å². The third-order valence-electron chi connectivity index (χ3n) is 1.38. The summed E-state index contributed by atoms with van der Waals surface area (Å²) in [7, 11) is 1.67. The van der Waals surface area contributed by atoms with E-state index in [2.05, 4.69) is 5.32 Å². The molecule has 0 fully saturated rings. The maximum atomic E-state index is 8.98. The fourth-order valence-corrected chi connectivity index (χ4v) is 0.836. The zero-order valence-corrected chi connectivity index (χ0v) is 7.85. The highest BCUT2D eigenvalue weighted by atomic mass is 16.5. The first kappa shape index (κ1) is 10.9. The maximum absolute atomic E-state index is 8.98. The van der Waals surface area contributed by atoms with Crippen molar-refractivity contribution in [1.82, 2.24) is 5.32 Å². The van der Waals surface area contributed by atoms with Crippen molar-refractivity contribution in [3.8, 4) is 0 Å². The summed E-state index contributed by atoms with van der Waals surface area (Å²) in [6.07, 6.45) is -0.300. The fourth-order valence-electron chi connectivity index (χ4n) is 0.836. The van der Waals surface area contributed by atoms with Gasteiger partial charge in [-0.3, -0.25) is 0 Å². The Bertz CT molecular complexity index is 102. The van der Waals surface area contributed by atoms with Crippen LogP contribution in [0.3, 0.4) is 0 Å². The molecule has 0 rings (SSSR count). The van der Waals surface area contributed by atoms with Gasteiger partial charge in [0.1, 0.15) is 0 Å². The average Bonchev–Trinajstić information content (AvgIpc) is 1.84. The van der Waals surface area contributed by atoms with Gasteiger partial charge in [0.2, 0.25) is 0 Å². The minimum Gasteiger partial charge on any atom is -0.392 e. The second-order valence-corrected chi connectivity index (χ2v) is 3.55.